The number of hydrogen-bond acceptors (Lipinski definition) is 3. The van der Waals surface area contributed by atoms with Crippen LogP contribution in [-0.2, 0) is 9.84 Å². The van der Waals surface area contributed by atoms with Crippen LogP contribution in [0.4, 0.5) is 0 Å². The van der Waals surface area contributed by atoms with E-state index in [-0.39, 0.29) is 10.6 Å². The van der Waals surface area contributed by atoms with Gasteiger partial charge in [0.25, 0.3) is 5.91 Å². The molecule has 0 aromatic carbocycles. The van der Waals surface area contributed by atoms with Gasteiger partial charge in [0.1, 0.15) is 5.03 Å². The van der Waals surface area contributed by atoms with Crippen molar-refractivity contribution in [1.82, 2.24) is 4.98 Å². The van der Waals surface area contributed by atoms with Crippen LogP contribution in [0.1, 0.15) is 10.4 Å². The quantitative estimate of drug-likeness (QED) is 0.656. The lowest BCUT2D eigenvalue weighted by Crippen LogP contribution is -2.14. The van der Waals surface area contributed by atoms with Crippen molar-refractivity contribution in [2.75, 3.05) is 6.26 Å². The number of hydrogen-bond donors (Lipinski definition) is 2. The Labute approximate surface area is 69.5 Å². The van der Waals surface area contributed by atoms with Crippen LogP contribution < -0.4 is 5.73 Å². The number of primary amides is 1. The molecule has 66 valence electrons. The van der Waals surface area contributed by atoms with Crippen molar-refractivity contribution in [2.24, 2.45) is 5.73 Å². The summed E-state index contributed by atoms with van der Waals surface area (Å²) in [5, 5.41) is -0.130. The Bertz CT molecular complexity index is 404. The zero-order chi connectivity index (χ0) is 9.35. The zero-order valence-electron chi connectivity index (χ0n) is 6.37. The Hall–Kier alpha value is -1.30. The molecule has 0 unspecified atom stereocenters. The second kappa shape index (κ2) is 2.63. The monoisotopic (exact) mass is 188 g/mol. The van der Waals surface area contributed by atoms with Gasteiger partial charge < -0.3 is 10.7 Å². The summed E-state index contributed by atoms with van der Waals surface area (Å²) in [4.78, 5) is 13.1. The fraction of sp³-hybridized carbons (Fsp3) is 0.167. The van der Waals surface area contributed by atoms with Crippen molar-refractivity contribution in [3.63, 3.8) is 0 Å². The third-order valence-electron chi connectivity index (χ3n) is 1.35. The van der Waals surface area contributed by atoms with E-state index in [4.69, 9.17) is 5.73 Å². The van der Waals surface area contributed by atoms with Crippen molar-refractivity contribution < 1.29 is 13.2 Å². The summed E-state index contributed by atoms with van der Waals surface area (Å²) < 4.78 is 22.0. The first-order chi connectivity index (χ1) is 5.43. The van der Waals surface area contributed by atoms with E-state index >= 15 is 0 Å². The number of rotatable bonds is 2. The van der Waals surface area contributed by atoms with Gasteiger partial charge in [0.15, 0.2) is 9.84 Å². The van der Waals surface area contributed by atoms with Crippen molar-refractivity contribution in [3.05, 3.63) is 17.8 Å². The Morgan fingerprint density at radius 2 is 2.17 bits per heavy atom. The zero-order valence-corrected chi connectivity index (χ0v) is 7.18. The van der Waals surface area contributed by atoms with Crippen LogP contribution in [0.25, 0.3) is 0 Å². The highest BCUT2D eigenvalue weighted by molar-refractivity contribution is 7.90. The van der Waals surface area contributed by atoms with E-state index in [9.17, 15) is 13.2 Å². The van der Waals surface area contributed by atoms with Crippen molar-refractivity contribution in [1.29, 1.82) is 0 Å². The smallest absolute Gasteiger partial charge is 0.251 e. The van der Waals surface area contributed by atoms with E-state index in [1.807, 2.05) is 0 Å². The lowest BCUT2D eigenvalue weighted by molar-refractivity contribution is 0.0997. The van der Waals surface area contributed by atoms with Gasteiger partial charge in [0.05, 0.1) is 5.56 Å². The summed E-state index contributed by atoms with van der Waals surface area (Å²) in [5.41, 5.74) is 4.93. The number of carbonyl (C=O) groups is 1. The van der Waals surface area contributed by atoms with E-state index in [1.165, 1.54) is 12.3 Å². The number of nitrogens with two attached hydrogens (primary N) is 1. The lowest BCUT2D eigenvalue weighted by Gasteiger charge is -1.95. The highest BCUT2D eigenvalue weighted by Gasteiger charge is 2.17. The van der Waals surface area contributed by atoms with Crippen LogP contribution in [0, 0.1) is 0 Å². The second-order valence-corrected chi connectivity index (χ2v) is 4.31. The standard InChI is InChI=1S/C6H8N2O3S/c1-12(10,11)6-4(5(7)9)2-3-8-6/h2-3,8H,1H3,(H2,7,9). The number of amides is 1. The summed E-state index contributed by atoms with van der Waals surface area (Å²) in [7, 11) is -3.39. The Morgan fingerprint density at radius 3 is 2.50 bits per heavy atom. The normalized spacial score (nSPS) is 11.4. The summed E-state index contributed by atoms with van der Waals surface area (Å²) >= 11 is 0. The number of carbonyl (C=O) groups excluding carboxylic acids is 1. The molecule has 0 aliphatic rings. The summed E-state index contributed by atoms with van der Waals surface area (Å²) in [6, 6.07) is 1.33. The first-order valence-electron chi connectivity index (χ1n) is 3.10. The van der Waals surface area contributed by atoms with Crippen molar-refractivity contribution in [3.8, 4) is 0 Å². The molecule has 1 amide bonds. The van der Waals surface area contributed by atoms with Gasteiger partial charge in [-0.3, -0.25) is 4.79 Å². The minimum atomic E-state index is -3.39. The molecule has 0 fully saturated rings. The molecule has 0 saturated carbocycles. The first kappa shape index (κ1) is 8.79. The number of H-pyrrole nitrogens is 1. The van der Waals surface area contributed by atoms with Gasteiger partial charge >= 0.3 is 0 Å². The maximum atomic E-state index is 11.0. The largest absolute Gasteiger partial charge is 0.366 e. The van der Waals surface area contributed by atoms with E-state index in [0.29, 0.717) is 0 Å². The molecule has 0 radical (unpaired) electrons. The minimum Gasteiger partial charge on any atom is -0.366 e. The van der Waals surface area contributed by atoms with E-state index in [2.05, 4.69) is 4.98 Å². The third-order valence-corrected chi connectivity index (χ3v) is 2.42. The molecule has 1 rings (SSSR count). The van der Waals surface area contributed by atoms with Crippen LogP contribution in [0.15, 0.2) is 17.3 Å². The molecule has 1 aromatic rings. The fourth-order valence-electron chi connectivity index (χ4n) is 0.855. The van der Waals surface area contributed by atoms with E-state index in [0.717, 1.165) is 6.26 Å². The molecule has 0 saturated heterocycles. The van der Waals surface area contributed by atoms with Gasteiger partial charge in [-0.15, -0.1) is 0 Å². The van der Waals surface area contributed by atoms with Crippen LogP contribution in [-0.4, -0.2) is 25.6 Å². The summed E-state index contributed by atoms with van der Waals surface area (Å²) in [6.45, 7) is 0. The molecular weight excluding hydrogens is 180 g/mol. The molecule has 3 N–H and O–H groups in total. The lowest BCUT2D eigenvalue weighted by atomic mass is 10.3. The van der Waals surface area contributed by atoms with Crippen LogP contribution in [0.2, 0.25) is 0 Å². The third kappa shape index (κ3) is 1.48. The maximum Gasteiger partial charge on any atom is 0.251 e. The molecule has 0 aliphatic carbocycles. The average molecular weight is 188 g/mol. The van der Waals surface area contributed by atoms with Crippen molar-refractivity contribution in [2.45, 2.75) is 5.03 Å². The maximum absolute atomic E-state index is 11.0. The topological polar surface area (TPSA) is 93.0 Å². The molecule has 0 atom stereocenters. The Balaban J connectivity index is 3.36. The fourth-order valence-corrected chi connectivity index (χ4v) is 1.71. The molecule has 0 bridgehead atoms. The van der Waals surface area contributed by atoms with Gasteiger partial charge in [-0.2, -0.15) is 0 Å². The summed E-state index contributed by atoms with van der Waals surface area (Å²) in [5.74, 6) is -0.753. The summed E-state index contributed by atoms with van der Waals surface area (Å²) in [6.07, 6.45) is 2.36. The molecule has 12 heavy (non-hydrogen) atoms. The minimum absolute atomic E-state index is 0.00231. The molecule has 1 heterocycles. The number of sulfone groups is 1. The first-order valence-corrected chi connectivity index (χ1v) is 4.99. The molecule has 6 heteroatoms. The van der Waals surface area contributed by atoms with Crippen molar-refractivity contribution >= 4 is 15.7 Å². The van der Waals surface area contributed by atoms with E-state index < -0.39 is 15.7 Å². The average Bonchev–Trinajstić information content (AvgIpc) is 2.30. The second-order valence-electron chi connectivity index (χ2n) is 2.36. The van der Waals surface area contributed by atoms with Gasteiger partial charge in [-0.25, -0.2) is 8.42 Å². The van der Waals surface area contributed by atoms with E-state index in [1.54, 1.807) is 0 Å². The molecule has 5 nitrogen and oxygen atoms in total. The van der Waals surface area contributed by atoms with Gasteiger partial charge in [0, 0.05) is 12.5 Å². The number of aromatic nitrogens is 1. The Kier molecular flexibility index (Phi) is 1.93. The Morgan fingerprint density at radius 1 is 1.58 bits per heavy atom. The van der Waals surface area contributed by atoms with Gasteiger partial charge in [0.2, 0.25) is 0 Å². The number of aromatic amines is 1. The predicted octanol–water partition coefficient (Wildman–Crippen LogP) is -0.483. The van der Waals surface area contributed by atoms with Gasteiger partial charge in [-0.05, 0) is 6.07 Å². The molecule has 0 spiro atoms. The number of nitrogens with one attached hydrogen (secondary N) is 1. The SMILES string of the molecule is CS(=O)(=O)c1[nH]ccc1C(N)=O. The molecule has 0 aliphatic heterocycles. The van der Waals surface area contributed by atoms with Crippen LogP contribution in [0.5, 0.6) is 0 Å². The van der Waals surface area contributed by atoms with Gasteiger partial charge in [-0.1, -0.05) is 0 Å². The highest BCUT2D eigenvalue weighted by Crippen LogP contribution is 2.11. The predicted molar refractivity (Wildman–Crippen MR) is 42.4 cm³/mol. The highest BCUT2D eigenvalue weighted by atomic mass is 32.2. The van der Waals surface area contributed by atoms with Crippen LogP contribution >= 0.6 is 0 Å². The van der Waals surface area contributed by atoms with Crippen LogP contribution in [0.3, 0.4) is 0 Å². The molecule has 1 aromatic heterocycles. The molecular formula is C6H8N2O3S.